The molecule has 20 heavy (non-hydrogen) atoms. The van der Waals surface area contributed by atoms with Gasteiger partial charge in [-0.3, -0.25) is 4.79 Å². The van der Waals surface area contributed by atoms with Crippen molar-refractivity contribution in [1.82, 2.24) is 20.1 Å². The number of methoxy groups -OCH3 is 1. The predicted molar refractivity (Wildman–Crippen MR) is 72.2 cm³/mol. The van der Waals surface area contributed by atoms with Crippen molar-refractivity contribution in [2.75, 3.05) is 19.4 Å². The fourth-order valence-electron chi connectivity index (χ4n) is 1.30. The van der Waals surface area contributed by atoms with Gasteiger partial charge in [0.05, 0.1) is 19.4 Å². The number of nitrogens with zero attached hydrogens (tertiary/aromatic N) is 3. The molecule has 1 aromatic heterocycles. The molecule has 2 N–H and O–H groups in total. The third-order valence-corrected chi connectivity index (χ3v) is 3.35. The molecule has 0 saturated carbocycles. The molecule has 1 atom stereocenters. The van der Waals surface area contributed by atoms with E-state index in [1.165, 1.54) is 18.9 Å². The SMILES string of the molecule is COC(=O)C(O)CNC(=O)CSc1nncn1C(C)C. The minimum Gasteiger partial charge on any atom is -0.467 e. The molecule has 1 unspecified atom stereocenters. The number of aromatic nitrogens is 3. The molecule has 9 heteroatoms. The molecule has 0 bridgehead atoms. The highest BCUT2D eigenvalue weighted by atomic mass is 32.2. The van der Waals surface area contributed by atoms with E-state index in [0.717, 1.165) is 0 Å². The van der Waals surface area contributed by atoms with Crippen LogP contribution in [0.3, 0.4) is 0 Å². The van der Waals surface area contributed by atoms with E-state index in [4.69, 9.17) is 0 Å². The van der Waals surface area contributed by atoms with Crippen LogP contribution in [0.2, 0.25) is 0 Å². The van der Waals surface area contributed by atoms with Gasteiger partial charge in [-0.1, -0.05) is 11.8 Å². The minimum atomic E-state index is -1.35. The maximum atomic E-state index is 11.6. The van der Waals surface area contributed by atoms with Gasteiger partial charge in [-0.05, 0) is 13.8 Å². The molecule has 1 aromatic rings. The van der Waals surface area contributed by atoms with Crippen LogP contribution in [0.4, 0.5) is 0 Å². The second-order valence-corrected chi connectivity index (χ2v) is 5.19. The highest BCUT2D eigenvalue weighted by Gasteiger charge is 2.16. The van der Waals surface area contributed by atoms with Crippen molar-refractivity contribution in [2.24, 2.45) is 0 Å². The highest BCUT2D eigenvalue weighted by molar-refractivity contribution is 7.99. The molecule has 1 heterocycles. The number of aliphatic hydroxyl groups excluding tert-OH is 1. The Hall–Kier alpha value is -1.61. The number of nitrogens with one attached hydrogen (secondary N) is 1. The summed E-state index contributed by atoms with van der Waals surface area (Å²) in [4.78, 5) is 22.5. The minimum absolute atomic E-state index is 0.124. The molecular weight excluding hydrogens is 284 g/mol. The van der Waals surface area contributed by atoms with Crippen molar-refractivity contribution >= 4 is 23.6 Å². The van der Waals surface area contributed by atoms with E-state index in [-0.39, 0.29) is 24.2 Å². The largest absolute Gasteiger partial charge is 0.467 e. The second kappa shape index (κ2) is 7.85. The Bertz CT molecular complexity index is 463. The Morgan fingerprint density at radius 3 is 2.85 bits per heavy atom. The maximum absolute atomic E-state index is 11.6. The van der Waals surface area contributed by atoms with Crippen LogP contribution in [0.15, 0.2) is 11.5 Å². The number of esters is 1. The van der Waals surface area contributed by atoms with E-state index >= 15 is 0 Å². The van der Waals surface area contributed by atoms with Crippen LogP contribution in [0.1, 0.15) is 19.9 Å². The fourth-order valence-corrected chi connectivity index (χ4v) is 2.17. The summed E-state index contributed by atoms with van der Waals surface area (Å²) in [6.07, 6.45) is 0.250. The van der Waals surface area contributed by atoms with Gasteiger partial charge in [0.1, 0.15) is 6.33 Å². The van der Waals surface area contributed by atoms with Crippen LogP contribution in [-0.2, 0) is 14.3 Å². The molecule has 0 saturated heterocycles. The van der Waals surface area contributed by atoms with Crippen LogP contribution < -0.4 is 5.32 Å². The molecule has 0 aliphatic rings. The average molecular weight is 302 g/mol. The first-order chi connectivity index (χ1) is 9.45. The summed E-state index contributed by atoms with van der Waals surface area (Å²) in [6, 6.07) is 0.205. The van der Waals surface area contributed by atoms with Gasteiger partial charge in [-0.2, -0.15) is 0 Å². The van der Waals surface area contributed by atoms with E-state index in [1.54, 1.807) is 6.33 Å². The Kier molecular flexibility index (Phi) is 6.46. The van der Waals surface area contributed by atoms with Crippen LogP contribution in [-0.4, -0.2) is 57.3 Å². The zero-order chi connectivity index (χ0) is 15.1. The third kappa shape index (κ3) is 4.82. The topological polar surface area (TPSA) is 106 Å². The number of carbonyl (C=O) groups is 2. The molecule has 1 rings (SSSR count). The molecule has 0 spiro atoms. The summed E-state index contributed by atoms with van der Waals surface area (Å²) < 4.78 is 6.19. The van der Waals surface area contributed by atoms with Gasteiger partial charge in [0.25, 0.3) is 0 Å². The average Bonchev–Trinajstić information content (AvgIpc) is 2.90. The van der Waals surface area contributed by atoms with Crippen molar-refractivity contribution < 1.29 is 19.4 Å². The number of carbonyl (C=O) groups excluding carboxylic acids is 2. The van der Waals surface area contributed by atoms with E-state index in [0.29, 0.717) is 5.16 Å². The van der Waals surface area contributed by atoms with Crippen molar-refractivity contribution in [1.29, 1.82) is 0 Å². The van der Waals surface area contributed by atoms with Gasteiger partial charge in [-0.25, -0.2) is 4.79 Å². The highest BCUT2D eigenvalue weighted by Crippen LogP contribution is 2.18. The van der Waals surface area contributed by atoms with Crippen LogP contribution in [0.25, 0.3) is 0 Å². The quantitative estimate of drug-likeness (QED) is 0.521. The lowest BCUT2D eigenvalue weighted by molar-refractivity contribution is -0.150. The molecule has 0 aromatic carbocycles. The zero-order valence-corrected chi connectivity index (χ0v) is 12.4. The Morgan fingerprint density at radius 1 is 1.55 bits per heavy atom. The smallest absolute Gasteiger partial charge is 0.336 e. The number of amides is 1. The summed E-state index contributed by atoms with van der Waals surface area (Å²) >= 11 is 1.24. The first kappa shape index (κ1) is 16.4. The van der Waals surface area contributed by atoms with Gasteiger partial charge in [-0.15, -0.1) is 10.2 Å². The molecule has 0 aliphatic carbocycles. The van der Waals surface area contributed by atoms with Crippen LogP contribution >= 0.6 is 11.8 Å². The number of thioether (sulfide) groups is 1. The van der Waals surface area contributed by atoms with Gasteiger partial charge in [0.15, 0.2) is 11.3 Å². The first-order valence-electron chi connectivity index (χ1n) is 6.00. The molecule has 112 valence electrons. The normalized spacial score (nSPS) is 12.2. The summed E-state index contributed by atoms with van der Waals surface area (Å²) in [5.41, 5.74) is 0. The summed E-state index contributed by atoms with van der Waals surface area (Å²) in [6.45, 7) is 3.79. The van der Waals surface area contributed by atoms with E-state index in [2.05, 4.69) is 20.3 Å². The van der Waals surface area contributed by atoms with E-state index < -0.39 is 12.1 Å². The third-order valence-electron chi connectivity index (χ3n) is 2.39. The predicted octanol–water partition coefficient (Wildman–Crippen LogP) is -0.399. The summed E-state index contributed by atoms with van der Waals surface area (Å²) in [7, 11) is 1.17. The Morgan fingerprint density at radius 2 is 2.25 bits per heavy atom. The van der Waals surface area contributed by atoms with Crippen LogP contribution in [0, 0.1) is 0 Å². The second-order valence-electron chi connectivity index (χ2n) is 4.25. The lowest BCUT2D eigenvalue weighted by atomic mass is 10.3. The monoisotopic (exact) mass is 302 g/mol. The lowest BCUT2D eigenvalue weighted by Gasteiger charge is -2.11. The van der Waals surface area contributed by atoms with Gasteiger partial charge >= 0.3 is 5.97 Å². The van der Waals surface area contributed by atoms with Crippen molar-refractivity contribution in [3.8, 4) is 0 Å². The van der Waals surface area contributed by atoms with E-state index in [9.17, 15) is 14.7 Å². The molecular formula is C11H18N4O4S. The van der Waals surface area contributed by atoms with Crippen molar-refractivity contribution in [2.45, 2.75) is 31.1 Å². The molecule has 0 aliphatic heterocycles. The summed E-state index contributed by atoms with van der Waals surface area (Å²) in [5, 5.41) is 20.1. The Balaban J connectivity index is 2.36. The first-order valence-corrected chi connectivity index (χ1v) is 6.99. The molecule has 0 radical (unpaired) electrons. The fraction of sp³-hybridized carbons (Fsp3) is 0.636. The molecule has 1 amide bonds. The number of hydrogen-bond acceptors (Lipinski definition) is 7. The Labute approximate surface area is 120 Å². The standard InChI is InChI=1S/C11H18N4O4S/c1-7(2)15-6-13-14-11(15)20-5-9(17)12-4-8(16)10(18)19-3/h6-8,16H,4-5H2,1-3H3,(H,12,17). The maximum Gasteiger partial charge on any atom is 0.336 e. The van der Waals surface area contributed by atoms with Crippen molar-refractivity contribution in [3.05, 3.63) is 6.33 Å². The van der Waals surface area contributed by atoms with Crippen LogP contribution in [0.5, 0.6) is 0 Å². The molecule has 8 nitrogen and oxygen atoms in total. The summed E-state index contributed by atoms with van der Waals surface area (Å²) in [5.74, 6) is -0.965. The lowest BCUT2D eigenvalue weighted by Crippen LogP contribution is -2.38. The molecule has 0 fully saturated rings. The number of hydrogen-bond donors (Lipinski definition) is 2. The van der Waals surface area contributed by atoms with Gasteiger partial charge < -0.3 is 19.7 Å². The number of aliphatic hydroxyl groups is 1. The zero-order valence-electron chi connectivity index (χ0n) is 11.6. The van der Waals surface area contributed by atoms with Gasteiger partial charge in [0, 0.05) is 6.04 Å². The van der Waals surface area contributed by atoms with E-state index in [1.807, 2.05) is 18.4 Å². The van der Waals surface area contributed by atoms with Gasteiger partial charge in [0.2, 0.25) is 5.91 Å². The van der Waals surface area contributed by atoms with Crippen molar-refractivity contribution in [3.63, 3.8) is 0 Å². The number of ether oxygens (including phenoxy) is 1. The number of rotatable bonds is 7.